The molecule has 0 radical (unpaired) electrons. The highest BCUT2D eigenvalue weighted by molar-refractivity contribution is 5.91. The highest BCUT2D eigenvalue weighted by Crippen LogP contribution is 2.28. The molecule has 0 saturated carbocycles. The van der Waals surface area contributed by atoms with Crippen molar-refractivity contribution in [1.82, 2.24) is 24.3 Å². The molecule has 0 saturated heterocycles. The number of nitrogens with one attached hydrogen (secondary N) is 1. The van der Waals surface area contributed by atoms with Crippen molar-refractivity contribution in [2.45, 2.75) is 40.7 Å². The molecule has 6 nitrogen and oxygen atoms in total. The van der Waals surface area contributed by atoms with E-state index in [0.717, 1.165) is 57.2 Å². The van der Waals surface area contributed by atoms with Gasteiger partial charge >= 0.3 is 0 Å². The van der Waals surface area contributed by atoms with E-state index in [4.69, 9.17) is 0 Å². The van der Waals surface area contributed by atoms with E-state index >= 15 is 0 Å². The second-order valence-electron chi connectivity index (χ2n) is 6.89. The molecule has 0 aliphatic carbocycles. The van der Waals surface area contributed by atoms with Gasteiger partial charge in [-0.15, -0.1) is 0 Å². The zero-order chi connectivity index (χ0) is 18.4. The van der Waals surface area contributed by atoms with Gasteiger partial charge in [0.25, 0.3) is 0 Å². The first-order chi connectivity index (χ1) is 12.0. The third kappa shape index (κ3) is 4.70. The van der Waals surface area contributed by atoms with Crippen LogP contribution in [-0.2, 0) is 6.54 Å². The van der Waals surface area contributed by atoms with Crippen molar-refractivity contribution < 1.29 is 0 Å². The molecule has 0 fully saturated rings. The Morgan fingerprint density at radius 3 is 2.44 bits per heavy atom. The molecule has 0 bridgehead atoms. The third-order valence-electron chi connectivity index (χ3n) is 5.01. The second kappa shape index (κ2) is 9.15. The summed E-state index contributed by atoms with van der Waals surface area (Å²) < 4.78 is 2.34. The Kier molecular flexibility index (Phi) is 7.20. The molecule has 140 valence electrons. The summed E-state index contributed by atoms with van der Waals surface area (Å²) in [5.41, 5.74) is 3.63. The van der Waals surface area contributed by atoms with Crippen LogP contribution in [0.5, 0.6) is 0 Å². The van der Waals surface area contributed by atoms with Crippen molar-refractivity contribution in [3.05, 3.63) is 17.6 Å². The quantitative estimate of drug-likeness (QED) is 0.717. The molecule has 0 aliphatic rings. The van der Waals surface area contributed by atoms with E-state index in [-0.39, 0.29) is 0 Å². The number of hydrogen-bond acceptors (Lipinski definition) is 5. The summed E-state index contributed by atoms with van der Waals surface area (Å²) in [6.45, 7) is 14.9. The van der Waals surface area contributed by atoms with Crippen LogP contribution in [0.15, 0.2) is 6.33 Å². The van der Waals surface area contributed by atoms with E-state index in [1.807, 2.05) is 0 Å². The Morgan fingerprint density at radius 1 is 1.08 bits per heavy atom. The molecule has 0 amide bonds. The first kappa shape index (κ1) is 19.7. The molecule has 2 rings (SSSR count). The van der Waals surface area contributed by atoms with Crippen LogP contribution in [0, 0.1) is 13.8 Å². The number of fused-ring (bicyclic) bond motifs is 1. The molecule has 2 heterocycles. The number of rotatable bonds is 10. The van der Waals surface area contributed by atoms with E-state index in [9.17, 15) is 0 Å². The van der Waals surface area contributed by atoms with Gasteiger partial charge in [0.2, 0.25) is 0 Å². The summed E-state index contributed by atoms with van der Waals surface area (Å²) in [6.07, 6.45) is 2.80. The Morgan fingerprint density at radius 2 is 1.80 bits per heavy atom. The van der Waals surface area contributed by atoms with E-state index < -0.39 is 0 Å². The first-order valence-electron chi connectivity index (χ1n) is 9.40. The Bertz CT molecular complexity index is 672. The summed E-state index contributed by atoms with van der Waals surface area (Å²) >= 11 is 0. The monoisotopic (exact) mass is 346 g/mol. The van der Waals surface area contributed by atoms with Gasteiger partial charge in [0.15, 0.2) is 0 Å². The lowest BCUT2D eigenvalue weighted by Gasteiger charge is -2.18. The number of aromatic nitrogens is 3. The maximum absolute atomic E-state index is 4.58. The van der Waals surface area contributed by atoms with E-state index in [1.165, 1.54) is 16.6 Å². The van der Waals surface area contributed by atoms with Gasteiger partial charge in [-0.3, -0.25) is 0 Å². The molecule has 6 heteroatoms. The second-order valence-corrected chi connectivity index (χ2v) is 6.89. The fourth-order valence-corrected chi connectivity index (χ4v) is 3.29. The number of nitrogens with zero attached hydrogens (tertiary/aromatic N) is 5. The van der Waals surface area contributed by atoms with Gasteiger partial charge in [0.1, 0.15) is 17.8 Å². The predicted octanol–water partition coefficient (Wildman–Crippen LogP) is 2.75. The highest BCUT2D eigenvalue weighted by atomic mass is 15.1. The molecule has 0 atom stereocenters. The van der Waals surface area contributed by atoms with Crippen LogP contribution in [-0.4, -0.2) is 71.2 Å². The van der Waals surface area contributed by atoms with Gasteiger partial charge in [0, 0.05) is 25.3 Å². The summed E-state index contributed by atoms with van der Waals surface area (Å²) in [4.78, 5) is 13.7. The van der Waals surface area contributed by atoms with Crippen molar-refractivity contribution in [1.29, 1.82) is 0 Å². The van der Waals surface area contributed by atoms with Gasteiger partial charge in [0.05, 0.1) is 5.39 Å². The normalized spacial score (nSPS) is 11.8. The van der Waals surface area contributed by atoms with Crippen LogP contribution in [0.4, 0.5) is 5.82 Å². The lowest BCUT2D eigenvalue weighted by atomic mass is 10.2. The molecule has 0 unspecified atom stereocenters. The molecule has 25 heavy (non-hydrogen) atoms. The SMILES string of the molecule is CCN(CC)CCNc1ncnc2c1c(C)c(C)n2CCCN(C)C. The average Bonchev–Trinajstić information content (AvgIpc) is 2.84. The fourth-order valence-electron chi connectivity index (χ4n) is 3.29. The van der Waals surface area contributed by atoms with E-state index in [2.05, 4.69) is 71.4 Å². The molecular weight excluding hydrogens is 312 g/mol. The Balaban J connectivity index is 2.19. The van der Waals surface area contributed by atoms with Gasteiger partial charge in [-0.05, 0) is 59.6 Å². The van der Waals surface area contributed by atoms with Crippen LogP contribution in [0.25, 0.3) is 11.0 Å². The summed E-state index contributed by atoms with van der Waals surface area (Å²) in [5.74, 6) is 0.962. The topological polar surface area (TPSA) is 49.2 Å². The highest BCUT2D eigenvalue weighted by Gasteiger charge is 2.16. The summed E-state index contributed by atoms with van der Waals surface area (Å²) in [6, 6.07) is 0. The third-order valence-corrected chi connectivity index (χ3v) is 5.01. The predicted molar refractivity (Wildman–Crippen MR) is 106 cm³/mol. The smallest absolute Gasteiger partial charge is 0.145 e. The van der Waals surface area contributed by atoms with Gasteiger partial charge in [-0.25, -0.2) is 9.97 Å². The molecule has 1 N–H and O–H groups in total. The zero-order valence-corrected chi connectivity index (χ0v) is 16.8. The van der Waals surface area contributed by atoms with Crippen LogP contribution in [0.3, 0.4) is 0 Å². The Labute approximate surface area is 152 Å². The minimum Gasteiger partial charge on any atom is -0.368 e. The van der Waals surface area contributed by atoms with Gasteiger partial charge in [-0.1, -0.05) is 13.8 Å². The summed E-state index contributed by atoms with van der Waals surface area (Å²) in [5, 5.41) is 4.70. The number of aryl methyl sites for hydroxylation is 2. The van der Waals surface area contributed by atoms with Crippen molar-refractivity contribution in [2.24, 2.45) is 0 Å². The van der Waals surface area contributed by atoms with Gasteiger partial charge < -0.3 is 19.7 Å². The number of anilines is 1. The van der Waals surface area contributed by atoms with E-state index in [1.54, 1.807) is 6.33 Å². The minimum atomic E-state index is 0.901. The standard InChI is InChI=1S/C19H34N6/c1-7-24(8-2)13-10-20-18-17-15(3)16(4)25(12-9-11-23(5)6)19(17)22-14-21-18/h14H,7-13H2,1-6H3,(H,20,21,22). The maximum atomic E-state index is 4.58. The lowest BCUT2D eigenvalue weighted by molar-refractivity contribution is 0.316. The lowest BCUT2D eigenvalue weighted by Crippen LogP contribution is -2.28. The van der Waals surface area contributed by atoms with Crippen molar-refractivity contribution in [3.63, 3.8) is 0 Å². The molecular formula is C19H34N6. The fraction of sp³-hybridized carbons (Fsp3) is 0.684. The van der Waals surface area contributed by atoms with Crippen LogP contribution >= 0.6 is 0 Å². The van der Waals surface area contributed by atoms with Crippen molar-refractivity contribution >= 4 is 16.9 Å². The number of likely N-dealkylation sites (N-methyl/N-ethyl adjacent to an activating group) is 1. The number of hydrogen-bond donors (Lipinski definition) is 1. The Hall–Kier alpha value is -1.66. The van der Waals surface area contributed by atoms with Crippen molar-refractivity contribution in [3.8, 4) is 0 Å². The zero-order valence-electron chi connectivity index (χ0n) is 16.8. The van der Waals surface area contributed by atoms with E-state index in [0.29, 0.717) is 0 Å². The maximum Gasteiger partial charge on any atom is 0.145 e. The minimum absolute atomic E-state index is 0.901. The molecule has 0 aromatic carbocycles. The largest absolute Gasteiger partial charge is 0.368 e. The summed E-state index contributed by atoms with van der Waals surface area (Å²) in [7, 11) is 4.23. The molecule has 2 aromatic rings. The van der Waals surface area contributed by atoms with Crippen LogP contribution in [0.2, 0.25) is 0 Å². The van der Waals surface area contributed by atoms with Crippen LogP contribution in [0.1, 0.15) is 31.5 Å². The van der Waals surface area contributed by atoms with Crippen LogP contribution < -0.4 is 5.32 Å². The molecule has 0 aliphatic heterocycles. The first-order valence-corrected chi connectivity index (χ1v) is 9.40. The van der Waals surface area contributed by atoms with Gasteiger partial charge in [-0.2, -0.15) is 0 Å². The molecule has 2 aromatic heterocycles. The van der Waals surface area contributed by atoms with Crippen molar-refractivity contribution in [2.75, 3.05) is 52.1 Å². The average molecular weight is 347 g/mol. The molecule has 0 spiro atoms.